The van der Waals surface area contributed by atoms with Gasteiger partial charge in [0.1, 0.15) is 6.04 Å². The zero-order chi connectivity index (χ0) is 35.5. The van der Waals surface area contributed by atoms with E-state index in [9.17, 15) is 40.7 Å². The number of hydrogen-bond acceptors (Lipinski definition) is 7. The standard InChI is InChI=1S/C33H39F6N3O6/c1-20(2)13-26(40)28(44)47-19-48-29(45)42-17-30(10-9-27(43)41-30)11-12-31(42,23-7-5-4-6-8-23)18-46-21(3)22-14-24(32(34,35)36)16-25(15-22)33(37,38)39/h4-8,14-16,20-21,26H,9-13,17-19,40H2,1-3H3,(H,41,43)/t21-,26?,30-,31-/m1/s1. The fourth-order valence-corrected chi connectivity index (χ4v) is 6.21. The summed E-state index contributed by atoms with van der Waals surface area (Å²) in [5.74, 6) is -0.884. The summed E-state index contributed by atoms with van der Waals surface area (Å²) in [4.78, 5) is 39.8. The molecule has 15 heteroatoms. The number of carbonyl (C=O) groups excluding carboxylic acids is 3. The van der Waals surface area contributed by atoms with Crippen LogP contribution in [0.15, 0.2) is 48.5 Å². The smallest absolute Gasteiger partial charge is 0.416 e. The first-order chi connectivity index (χ1) is 22.3. The Morgan fingerprint density at radius 3 is 2.10 bits per heavy atom. The lowest BCUT2D eigenvalue weighted by molar-refractivity contribution is -0.156. The molecule has 3 N–H and O–H groups in total. The van der Waals surface area contributed by atoms with E-state index in [4.69, 9.17) is 19.9 Å². The summed E-state index contributed by atoms with van der Waals surface area (Å²) in [6.45, 7) is 3.86. The molecule has 2 aromatic carbocycles. The predicted molar refractivity (Wildman–Crippen MR) is 160 cm³/mol. The molecule has 2 fully saturated rings. The molecule has 264 valence electrons. The average molecular weight is 688 g/mol. The van der Waals surface area contributed by atoms with Crippen molar-refractivity contribution in [2.45, 2.75) is 88.5 Å². The van der Waals surface area contributed by atoms with Gasteiger partial charge >= 0.3 is 24.4 Å². The lowest BCUT2D eigenvalue weighted by atomic mass is 9.74. The second-order valence-corrected chi connectivity index (χ2v) is 12.8. The number of hydrogen-bond donors (Lipinski definition) is 2. The zero-order valence-corrected chi connectivity index (χ0v) is 26.7. The average Bonchev–Trinajstić information content (AvgIpc) is 3.38. The van der Waals surface area contributed by atoms with Crippen LogP contribution in [0.2, 0.25) is 0 Å². The van der Waals surface area contributed by atoms with E-state index >= 15 is 0 Å². The van der Waals surface area contributed by atoms with Gasteiger partial charge < -0.3 is 25.3 Å². The SMILES string of the molecule is CC(C)CC(N)C(=O)OCOC(=O)N1C[C@@]2(CCC(=O)N2)CC[C@@]1(CO[C@H](C)c1cc(C(F)(F)F)cc(C(F)(F)F)c1)c1ccccc1. The lowest BCUT2D eigenvalue weighted by Gasteiger charge is -2.52. The number of nitrogens with one attached hydrogen (secondary N) is 1. The van der Waals surface area contributed by atoms with Crippen LogP contribution in [0.1, 0.15) is 81.2 Å². The first-order valence-corrected chi connectivity index (χ1v) is 15.5. The second-order valence-electron chi connectivity index (χ2n) is 12.8. The van der Waals surface area contributed by atoms with Gasteiger partial charge in [-0.15, -0.1) is 0 Å². The normalized spacial score (nSPS) is 22.8. The molecule has 0 aromatic heterocycles. The van der Waals surface area contributed by atoms with Crippen LogP contribution in [0.4, 0.5) is 31.1 Å². The number of likely N-dealkylation sites (tertiary alicyclic amines) is 1. The topological polar surface area (TPSA) is 120 Å². The maximum absolute atomic E-state index is 13.8. The van der Waals surface area contributed by atoms with Crippen molar-refractivity contribution in [2.24, 2.45) is 11.7 Å². The van der Waals surface area contributed by atoms with Gasteiger partial charge in [0.05, 0.1) is 34.9 Å². The molecule has 48 heavy (non-hydrogen) atoms. The van der Waals surface area contributed by atoms with Crippen LogP contribution in [-0.2, 0) is 41.7 Å². The number of amides is 2. The van der Waals surface area contributed by atoms with E-state index in [-0.39, 0.29) is 49.4 Å². The van der Waals surface area contributed by atoms with Crippen molar-refractivity contribution < 1.29 is 54.9 Å². The molecule has 4 rings (SSSR count). The Morgan fingerprint density at radius 2 is 1.56 bits per heavy atom. The Hall–Kier alpha value is -3.85. The summed E-state index contributed by atoms with van der Waals surface area (Å²) >= 11 is 0. The highest BCUT2D eigenvalue weighted by Gasteiger charge is 2.54. The molecule has 0 aliphatic carbocycles. The number of nitrogens with two attached hydrogens (primary N) is 1. The monoisotopic (exact) mass is 687 g/mol. The minimum absolute atomic E-state index is 0.0401. The molecule has 1 spiro atoms. The number of halogens is 6. The maximum atomic E-state index is 13.8. The molecule has 2 amide bonds. The van der Waals surface area contributed by atoms with Gasteiger partial charge in [0.25, 0.3) is 0 Å². The molecule has 2 heterocycles. The van der Waals surface area contributed by atoms with E-state index in [1.165, 1.54) is 11.8 Å². The molecule has 4 atom stereocenters. The highest BCUT2D eigenvalue weighted by molar-refractivity contribution is 5.80. The minimum Gasteiger partial charge on any atom is -0.427 e. The lowest BCUT2D eigenvalue weighted by Crippen LogP contribution is -2.65. The summed E-state index contributed by atoms with van der Waals surface area (Å²) in [5, 5.41) is 2.94. The van der Waals surface area contributed by atoms with Crippen LogP contribution in [0.25, 0.3) is 0 Å². The highest BCUT2D eigenvalue weighted by Crippen LogP contribution is 2.45. The van der Waals surface area contributed by atoms with Gasteiger partial charge in [-0.05, 0) is 67.9 Å². The molecule has 2 aliphatic heterocycles. The number of ether oxygens (including phenoxy) is 3. The summed E-state index contributed by atoms with van der Waals surface area (Å²) in [6.07, 6.45) is -10.8. The fourth-order valence-electron chi connectivity index (χ4n) is 6.21. The Labute approximate surface area is 274 Å². The summed E-state index contributed by atoms with van der Waals surface area (Å²) < 4.78 is 98.1. The zero-order valence-electron chi connectivity index (χ0n) is 26.7. The Morgan fingerprint density at radius 1 is 0.938 bits per heavy atom. The molecule has 1 unspecified atom stereocenters. The summed E-state index contributed by atoms with van der Waals surface area (Å²) in [5.41, 5.74) is 0.910. The Kier molecular flexibility index (Phi) is 11.0. The number of alkyl halides is 6. The first kappa shape index (κ1) is 37.0. The van der Waals surface area contributed by atoms with Gasteiger partial charge in [-0.1, -0.05) is 44.2 Å². The van der Waals surface area contributed by atoms with Gasteiger partial charge in [0.15, 0.2) is 0 Å². The van der Waals surface area contributed by atoms with Gasteiger partial charge in [-0.25, -0.2) is 4.79 Å². The second kappa shape index (κ2) is 14.3. The Bertz CT molecular complexity index is 1440. The first-order valence-electron chi connectivity index (χ1n) is 15.5. The number of esters is 1. The van der Waals surface area contributed by atoms with Gasteiger partial charge in [0, 0.05) is 13.0 Å². The van der Waals surface area contributed by atoms with Crippen molar-refractivity contribution in [3.63, 3.8) is 0 Å². The molecule has 2 aromatic rings. The number of rotatable bonds is 10. The fraction of sp³-hybridized carbons (Fsp3) is 0.545. The molecular formula is C33H39F6N3O6. The van der Waals surface area contributed by atoms with Gasteiger partial charge in [-0.2, -0.15) is 26.3 Å². The third-order valence-corrected chi connectivity index (χ3v) is 8.82. The summed E-state index contributed by atoms with van der Waals surface area (Å²) in [6, 6.07) is 8.84. The third kappa shape index (κ3) is 8.59. The molecule has 0 bridgehead atoms. The third-order valence-electron chi connectivity index (χ3n) is 8.82. The maximum Gasteiger partial charge on any atom is 0.416 e. The van der Waals surface area contributed by atoms with E-state index < -0.39 is 65.6 Å². The molecule has 0 saturated carbocycles. The predicted octanol–water partition coefficient (Wildman–Crippen LogP) is 6.45. The van der Waals surface area contributed by atoms with Crippen LogP contribution in [-0.4, -0.2) is 54.4 Å². The highest BCUT2D eigenvalue weighted by atomic mass is 19.4. The quantitative estimate of drug-likeness (QED) is 0.167. The largest absolute Gasteiger partial charge is 0.427 e. The Balaban J connectivity index is 1.66. The molecule has 2 saturated heterocycles. The number of carbonyl (C=O) groups is 3. The molecule has 0 radical (unpaired) electrons. The van der Waals surface area contributed by atoms with Gasteiger partial charge in [-0.3, -0.25) is 14.5 Å². The number of piperidine rings is 1. The van der Waals surface area contributed by atoms with Crippen molar-refractivity contribution in [3.8, 4) is 0 Å². The number of nitrogens with zero attached hydrogens (tertiary/aromatic N) is 1. The number of benzene rings is 2. The van der Waals surface area contributed by atoms with Crippen LogP contribution in [0.3, 0.4) is 0 Å². The van der Waals surface area contributed by atoms with Crippen molar-refractivity contribution in [2.75, 3.05) is 19.9 Å². The van der Waals surface area contributed by atoms with Crippen LogP contribution in [0.5, 0.6) is 0 Å². The van der Waals surface area contributed by atoms with Gasteiger partial charge in [0.2, 0.25) is 12.7 Å². The van der Waals surface area contributed by atoms with Crippen LogP contribution < -0.4 is 11.1 Å². The van der Waals surface area contributed by atoms with Crippen molar-refractivity contribution >= 4 is 18.0 Å². The van der Waals surface area contributed by atoms with Crippen molar-refractivity contribution in [3.05, 3.63) is 70.8 Å². The minimum atomic E-state index is -5.05. The van der Waals surface area contributed by atoms with Crippen LogP contribution >= 0.6 is 0 Å². The van der Waals surface area contributed by atoms with E-state index in [0.29, 0.717) is 37.0 Å². The molecule has 9 nitrogen and oxygen atoms in total. The van der Waals surface area contributed by atoms with E-state index in [2.05, 4.69) is 5.32 Å². The van der Waals surface area contributed by atoms with E-state index in [1.54, 1.807) is 30.3 Å². The van der Waals surface area contributed by atoms with E-state index in [0.717, 1.165) is 0 Å². The van der Waals surface area contributed by atoms with Crippen molar-refractivity contribution in [1.29, 1.82) is 0 Å². The van der Waals surface area contributed by atoms with Crippen LogP contribution in [0, 0.1) is 5.92 Å². The molecule has 2 aliphatic rings. The van der Waals surface area contributed by atoms with Crippen molar-refractivity contribution in [1.82, 2.24) is 10.2 Å². The van der Waals surface area contributed by atoms with E-state index in [1.807, 2.05) is 13.8 Å². The molecular weight excluding hydrogens is 648 g/mol. The summed E-state index contributed by atoms with van der Waals surface area (Å²) in [7, 11) is 0.